The minimum Gasteiger partial charge on any atom is -0.396 e. The molecule has 0 aromatic rings. The van der Waals surface area contributed by atoms with E-state index in [4.69, 9.17) is 0 Å². The molecule has 0 heterocycles. The highest BCUT2D eigenvalue weighted by molar-refractivity contribution is 5.91. The molecule has 0 spiro atoms. The van der Waals surface area contributed by atoms with Gasteiger partial charge in [-0.25, -0.2) is 0 Å². The van der Waals surface area contributed by atoms with Crippen LogP contribution in [0.3, 0.4) is 0 Å². The molecule has 3 nitrogen and oxygen atoms in total. The molecule has 0 aliphatic heterocycles. The van der Waals surface area contributed by atoms with Crippen LogP contribution in [0.15, 0.2) is 11.6 Å². The first-order valence-electron chi connectivity index (χ1n) is 9.28. The predicted molar refractivity (Wildman–Crippen MR) is 87.7 cm³/mol. The summed E-state index contributed by atoms with van der Waals surface area (Å²) in [5.74, 6) is 2.28. The first kappa shape index (κ1) is 15.6. The summed E-state index contributed by atoms with van der Waals surface area (Å²) in [4.78, 5) is 24.5. The average molecular weight is 316 g/mol. The summed E-state index contributed by atoms with van der Waals surface area (Å²) in [6.45, 7) is 4.66. The van der Waals surface area contributed by atoms with Gasteiger partial charge in [-0.05, 0) is 67.3 Å². The van der Waals surface area contributed by atoms with Gasteiger partial charge in [0.25, 0.3) is 0 Å². The van der Waals surface area contributed by atoms with Crippen molar-refractivity contribution in [3.8, 4) is 0 Å². The number of hydrogen-bond donors (Lipinski definition) is 1. The molecule has 0 aromatic carbocycles. The van der Waals surface area contributed by atoms with Gasteiger partial charge in [-0.2, -0.15) is 0 Å². The fraction of sp³-hybridized carbons (Fsp3) is 0.800. The number of rotatable bonds is 1. The SMILES string of the molecule is C[C@]12CCC(=O)C=C1CC[C@@H]1[C@H]2CC[C@]2(C)C(=O)CC(CO)[C@@H]12. The van der Waals surface area contributed by atoms with Gasteiger partial charge in [0.1, 0.15) is 5.78 Å². The van der Waals surface area contributed by atoms with Crippen LogP contribution in [-0.4, -0.2) is 23.3 Å². The minimum atomic E-state index is -0.212. The minimum absolute atomic E-state index is 0.143. The van der Waals surface area contributed by atoms with Gasteiger partial charge in [-0.15, -0.1) is 0 Å². The van der Waals surface area contributed by atoms with Gasteiger partial charge >= 0.3 is 0 Å². The molecule has 0 aromatic heterocycles. The number of ketones is 2. The van der Waals surface area contributed by atoms with E-state index in [0.717, 1.165) is 32.1 Å². The van der Waals surface area contributed by atoms with Gasteiger partial charge in [0.15, 0.2) is 5.78 Å². The van der Waals surface area contributed by atoms with Crippen molar-refractivity contribution in [1.29, 1.82) is 0 Å². The van der Waals surface area contributed by atoms with Crippen LogP contribution in [0.5, 0.6) is 0 Å². The van der Waals surface area contributed by atoms with E-state index in [9.17, 15) is 14.7 Å². The molecule has 6 atom stereocenters. The van der Waals surface area contributed by atoms with Crippen LogP contribution in [0, 0.1) is 34.5 Å². The highest BCUT2D eigenvalue weighted by atomic mass is 16.3. The second-order valence-electron chi connectivity index (χ2n) is 8.91. The van der Waals surface area contributed by atoms with Crippen molar-refractivity contribution in [1.82, 2.24) is 0 Å². The third-order valence-corrected chi connectivity index (χ3v) is 8.04. The summed E-state index contributed by atoms with van der Waals surface area (Å²) in [6.07, 6.45) is 8.30. The summed E-state index contributed by atoms with van der Waals surface area (Å²) in [7, 11) is 0. The maximum atomic E-state index is 12.6. The van der Waals surface area contributed by atoms with Crippen LogP contribution in [0.25, 0.3) is 0 Å². The standard InChI is InChI=1S/C20H28O3/c1-19-7-5-14(22)10-13(19)3-4-15-16(19)6-8-20(2)17(23)9-12(11-21)18(15)20/h10,12,15-16,18,21H,3-9,11H2,1-2H3/t12?,15-,16-,18+,19+,20-/m1/s1. The normalized spacial score (nSPS) is 49.3. The maximum Gasteiger partial charge on any atom is 0.155 e. The maximum absolute atomic E-state index is 12.6. The number of carbonyl (C=O) groups is 2. The number of carbonyl (C=O) groups excluding carboxylic acids is 2. The van der Waals surface area contributed by atoms with Crippen LogP contribution >= 0.6 is 0 Å². The summed E-state index contributed by atoms with van der Waals surface area (Å²) in [5.41, 5.74) is 1.30. The summed E-state index contributed by atoms with van der Waals surface area (Å²) in [5, 5.41) is 9.85. The molecule has 4 aliphatic carbocycles. The zero-order chi connectivity index (χ0) is 16.4. The molecule has 4 aliphatic rings. The van der Waals surface area contributed by atoms with E-state index in [1.54, 1.807) is 0 Å². The van der Waals surface area contributed by atoms with Crippen LogP contribution < -0.4 is 0 Å². The number of Topliss-reactive ketones (excluding diaryl/α,β-unsaturated/α-hetero) is 1. The smallest absolute Gasteiger partial charge is 0.155 e. The second kappa shape index (κ2) is 5.02. The van der Waals surface area contributed by atoms with Crippen molar-refractivity contribution >= 4 is 11.6 Å². The van der Waals surface area contributed by atoms with Gasteiger partial charge < -0.3 is 5.11 Å². The summed E-state index contributed by atoms with van der Waals surface area (Å²) >= 11 is 0. The molecule has 126 valence electrons. The Balaban J connectivity index is 1.72. The number of fused-ring (bicyclic) bond motifs is 5. The molecule has 3 heteroatoms. The fourth-order valence-electron chi connectivity index (χ4n) is 6.78. The van der Waals surface area contributed by atoms with E-state index in [1.165, 1.54) is 5.57 Å². The quantitative estimate of drug-likeness (QED) is 0.807. The lowest BCUT2D eigenvalue weighted by Crippen LogP contribution is -2.52. The fourth-order valence-corrected chi connectivity index (χ4v) is 6.78. The van der Waals surface area contributed by atoms with Crippen LogP contribution in [-0.2, 0) is 9.59 Å². The van der Waals surface area contributed by atoms with Crippen LogP contribution in [0.1, 0.15) is 58.8 Å². The number of aliphatic hydroxyl groups is 1. The number of hydrogen-bond acceptors (Lipinski definition) is 3. The highest BCUT2D eigenvalue weighted by Crippen LogP contribution is 2.65. The van der Waals surface area contributed by atoms with Gasteiger partial charge in [0.2, 0.25) is 0 Å². The van der Waals surface area contributed by atoms with Crippen molar-refractivity contribution in [2.24, 2.45) is 34.5 Å². The first-order valence-corrected chi connectivity index (χ1v) is 9.28. The lowest BCUT2D eigenvalue weighted by Gasteiger charge is -2.57. The Kier molecular flexibility index (Phi) is 3.39. The zero-order valence-electron chi connectivity index (χ0n) is 14.3. The zero-order valence-corrected chi connectivity index (χ0v) is 14.3. The Bertz CT molecular complexity index is 592. The molecule has 1 unspecified atom stereocenters. The van der Waals surface area contributed by atoms with Crippen molar-refractivity contribution in [2.75, 3.05) is 6.61 Å². The topological polar surface area (TPSA) is 54.4 Å². The monoisotopic (exact) mass is 316 g/mol. The Morgan fingerprint density at radius 2 is 1.91 bits per heavy atom. The van der Waals surface area contributed by atoms with Gasteiger partial charge in [0.05, 0.1) is 0 Å². The molecule has 3 fully saturated rings. The number of aliphatic hydroxyl groups excluding tert-OH is 1. The van der Waals surface area contributed by atoms with Crippen molar-refractivity contribution in [3.05, 3.63) is 11.6 Å². The molecule has 0 saturated heterocycles. The largest absolute Gasteiger partial charge is 0.396 e. The van der Waals surface area contributed by atoms with Crippen LogP contribution in [0.2, 0.25) is 0 Å². The molecule has 0 radical (unpaired) electrons. The van der Waals surface area contributed by atoms with Crippen molar-refractivity contribution in [3.63, 3.8) is 0 Å². The first-order chi connectivity index (χ1) is 10.9. The van der Waals surface area contributed by atoms with Gasteiger partial charge in [-0.3, -0.25) is 9.59 Å². The lowest BCUT2D eigenvalue weighted by molar-refractivity contribution is -0.133. The lowest BCUT2D eigenvalue weighted by atomic mass is 9.47. The molecular weight excluding hydrogens is 288 g/mol. The Morgan fingerprint density at radius 1 is 1.13 bits per heavy atom. The molecule has 23 heavy (non-hydrogen) atoms. The van der Waals surface area contributed by atoms with E-state index in [1.807, 2.05) is 6.08 Å². The Hall–Kier alpha value is -0.960. The highest BCUT2D eigenvalue weighted by Gasteiger charge is 2.61. The molecule has 4 rings (SSSR count). The third-order valence-electron chi connectivity index (χ3n) is 8.04. The van der Waals surface area contributed by atoms with Crippen molar-refractivity contribution < 1.29 is 14.7 Å². The predicted octanol–water partition coefficient (Wildman–Crippen LogP) is 3.31. The van der Waals surface area contributed by atoms with E-state index < -0.39 is 0 Å². The molecule has 0 amide bonds. The third kappa shape index (κ3) is 1.98. The van der Waals surface area contributed by atoms with Crippen LogP contribution in [0.4, 0.5) is 0 Å². The van der Waals surface area contributed by atoms with E-state index >= 15 is 0 Å². The Morgan fingerprint density at radius 3 is 2.65 bits per heavy atom. The molecule has 1 N–H and O–H groups in total. The Labute approximate surface area is 138 Å². The average Bonchev–Trinajstić information content (AvgIpc) is 2.79. The summed E-state index contributed by atoms with van der Waals surface area (Å²) in [6, 6.07) is 0. The van der Waals surface area contributed by atoms with E-state index in [-0.39, 0.29) is 23.4 Å². The molecule has 3 saturated carbocycles. The van der Waals surface area contributed by atoms with Gasteiger partial charge in [-0.1, -0.05) is 19.4 Å². The number of allylic oxidation sites excluding steroid dienone is 1. The molecular formula is C20H28O3. The van der Waals surface area contributed by atoms with E-state index in [2.05, 4.69) is 13.8 Å². The summed E-state index contributed by atoms with van der Waals surface area (Å²) < 4.78 is 0. The van der Waals surface area contributed by atoms with Gasteiger partial charge in [0, 0.05) is 24.9 Å². The second-order valence-corrected chi connectivity index (χ2v) is 8.91. The molecule has 0 bridgehead atoms. The van der Waals surface area contributed by atoms with E-state index in [0.29, 0.717) is 42.2 Å². The van der Waals surface area contributed by atoms with Crippen molar-refractivity contribution in [2.45, 2.75) is 58.8 Å².